The number of rotatable bonds is 7. The summed E-state index contributed by atoms with van der Waals surface area (Å²) in [5.74, 6) is 2.97. The summed E-state index contributed by atoms with van der Waals surface area (Å²) in [6.45, 7) is 5.68. The van der Waals surface area contributed by atoms with E-state index >= 15 is 0 Å². The number of aliphatic hydroxyl groups excluding tert-OH is 1. The van der Waals surface area contributed by atoms with Crippen molar-refractivity contribution in [3.63, 3.8) is 0 Å². The van der Waals surface area contributed by atoms with E-state index in [9.17, 15) is 5.11 Å². The SMILES string of the molecule is C#CCCNCC(O)C(CC)CC. The molecule has 0 radical (unpaired) electrons. The molecule has 0 aromatic carbocycles. The molecule has 0 rings (SSSR count). The maximum atomic E-state index is 9.69. The van der Waals surface area contributed by atoms with Crippen molar-refractivity contribution in [1.29, 1.82) is 0 Å². The summed E-state index contributed by atoms with van der Waals surface area (Å²) in [6.07, 6.45) is 7.68. The fourth-order valence-electron chi connectivity index (χ4n) is 1.41. The molecule has 0 aliphatic rings. The molecule has 0 amide bonds. The number of terminal acetylenes is 1. The average Bonchev–Trinajstić information content (AvgIpc) is 2.14. The van der Waals surface area contributed by atoms with Crippen molar-refractivity contribution in [2.24, 2.45) is 5.92 Å². The van der Waals surface area contributed by atoms with E-state index in [4.69, 9.17) is 6.42 Å². The molecule has 0 bridgehead atoms. The molecule has 0 spiro atoms. The fourth-order valence-corrected chi connectivity index (χ4v) is 1.41. The van der Waals surface area contributed by atoms with Crippen LogP contribution in [-0.2, 0) is 0 Å². The van der Waals surface area contributed by atoms with E-state index in [1.54, 1.807) is 0 Å². The predicted molar refractivity (Wildman–Crippen MR) is 56.4 cm³/mol. The van der Waals surface area contributed by atoms with E-state index in [1.807, 2.05) is 0 Å². The molecular weight excluding hydrogens is 162 g/mol. The number of nitrogens with one attached hydrogen (secondary N) is 1. The highest BCUT2D eigenvalue weighted by molar-refractivity contribution is 4.84. The zero-order chi connectivity index (χ0) is 10.1. The van der Waals surface area contributed by atoms with E-state index < -0.39 is 0 Å². The van der Waals surface area contributed by atoms with Crippen LogP contribution in [0.4, 0.5) is 0 Å². The number of hydrogen-bond acceptors (Lipinski definition) is 2. The van der Waals surface area contributed by atoms with E-state index in [0.717, 1.165) is 25.8 Å². The highest BCUT2D eigenvalue weighted by atomic mass is 16.3. The first-order chi connectivity index (χ1) is 6.26. The van der Waals surface area contributed by atoms with Crippen LogP contribution in [-0.4, -0.2) is 24.3 Å². The first-order valence-corrected chi connectivity index (χ1v) is 5.08. The van der Waals surface area contributed by atoms with Crippen LogP contribution >= 0.6 is 0 Å². The average molecular weight is 183 g/mol. The molecule has 0 saturated carbocycles. The van der Waals surface area contributed by atoms with Crippen LogP contribution in [0.3, 0.4) is 0 Å². The van der Waals surface area contributed by atoms with Gasteiger partial charge in [0.25, 0.3) is 0 Å². The van der Waals surface area contributed by atoms with Crippen LogP contribution in [0.15, 0.2) is 0 Å². The Labute approximate surface area is 81.7 Å². The number of hydrogen-bond donors (Lipinski definition) is 2. The third-order valence-electron chi connectivity index (χ3n) is 2.39. The van der Waals surface area contributed by atoms with E-state index in [1.165, 1.54) is 0 Å². The Morgan fingerprint density at radius 2 is 2.00 bits per heavy atom. The van der Waals surface area contributed by atoms with Crippen molar-refractivity contribution in [3.8, 4) is 12.3 Å². The lowest BCUT2D eigenvalue weighted by atomic mass is 9.96. The summed E-state index contributed by atoms with van der Waals surface area (Å²) < 4.78 is 0. The van der Waals surface area contributed by atoms with Crippen LogP contribution in [0.25, 0.3) is 0 Å². The summed E-state index contributed by atoms with van der Waals surface area (Å²) in [5, 5.41) is 12.8. The highest BCUT2D eigenvalue weighted by Gasteiger charge is 2.13. The van der Waals surface area contributed by atoms with Crippen molar-refractivity contribution < 1.29 is 5.11 Å². The Bertz CT molecular complexity index is 147. The topological polar surface area (TPSA) is 32.3 Å². The zero-order valence-corrected chi connectivity index (χ0v) is 8.71. The molecule has 0 aromatic heterocycles. The molecule has 1 atom stereocenters. The Balaban J connectivity index is 3.49. The normalized spacial score (nSPS) is 12.8. The molecule has 0 fully saturated rings. The van der Waals surface area contributed by atoms with Crippen LogP contribution in [0, 0.1) is 18.3 Å². The molecule has 76 valence electrons. The van der Waals surface area contributed by atoms with Crippen molar-refractivity contribution in [2.45, 2.75) is 39.2 Å². The quantitative estimate of drug-likeness (QED) is 0.462. The molecule has 2 N–H and O–H groups in total. The minimum atomic E-state index is -0.229. The molecule has 0 aromatic rings. The van der Waals surface area contributed by atoms with Gasteiger partial charge in [-0.15, -0.1) is 12.3 Å². The third kappa shape index (κ3) is 5.68. The first-order valence-electron chi connectivity index (χ1n) is 5.08. The Morgan fingerprint density at radius 3 is 2.46 bits per heavy atom. The predicted octanol–water partition coefficient (Wildman–Crippen LogP) is 1.40. The lowest BCUT2D eigenvalue weighted by Gasteiger charge is -2.20. The minimum Gasteiger partial charge on any atom is -0.392 e. The number of aliphatic hydroxyl groups is 1. The van der Waals surface area contributed by atoms with Crippen LogP contribution in [0.1, 0.15) is 33.1 Å². The summed E-state index contributed by atoms with van der Waals surface area (Å²) in [5.41, 5.74) is 0. The van der Waals surface area contributed by atoms with Gasteiger partial charge in [0.15, 0.2) is 0 Å². The standard InChI is InChI=1S/C11H21NO/c1-4-7-8-12-9-11(13)10(5-2)6-3/h1,10-13H,5-9H2,2-3H3. The minimum absolute atomic E-state index is 0.229. The molecule has 2 heteroatoms. The van der Waals surface area contributed by atoms with Gasteiger partial charge in [-0.25, -0.2) is 0 Å². The summed E-state index contributed by atoms with van der Waals surface area (Å²) in [7, 11) is 0. The summed E-state index contributed by atoms with van der Waals surface area (Å²) in [4.78, 5) is 0. The second-order valence-corrected chi connectivity index (χ2v) is 3.30. The molecule has 1 unspecified atom stereocenters. The van der Waals surface area contributed by atoms with Crippen molar-refractivity contribution in [3.05, 3.63) is 0 Å². The van der Waals surface area contributed by atoms with Gasteiger partial charge in [-0.1, -0.05) is 26.7 Å². The highest BCUT2D eigenvalue weighted by Crippen LogP contribution is 2.11. The van der Waals surface area contributed by atoms with Crippen molar-refractivity contribution in [1.82, 2.24) is 5.32 Å². The second kappa shape index (κ2) is 8.10. The fraction of sp³-hybridized carbons (Fsp3) is 0.818. The lowest BCUT2D eigenvalue weighted by molar-refractivity contribution is 0.102. The molecule has 0 saturated heterocycles. The third-order valence-corrected chi connectivity index (χ3v) is 2.39. The van der Waals surface area contributed by atoms with Gasteiger partial charge < -0.3 is 10.4 Å². The lowest BCUT2D eigenvalue weighted by Crippen LogP contribution is -2.32. The van der Waals surface area contributed by atoms with Crippen LogP contribution < -0.4 is 5.32 Å². The van der Waals surface area contributed by atoms with Gasteiger partial charge in [0, 0.05) is 19.5 Å². The first kappa shape index (κ1) is 12.5. The van der Waals surface area contributed by atoms with Gasteiger partial charge in [-0.05, 0) is 5.92 Å². The van der Waals surface area contributed by atoms with E-state index in [0.29, 0.717) is 12.5 Å². The Kier molecular flexibility index (Phi) is 7.77. The maximum absolute atomic E-state index is 9.69. The molecular formula is C11H21NO. The van der Waals surface area contributed by atoms with Gasteiger partial charge in [-0.3, -0.25) is 0 Å². The molecule has 0 heterocycles. The molecule has 2 nitrogen and oxygen atoms in total. The molecule has 0 aliphatic heterocycles. The Morgan fingerprint density at radius 1 is 1.38 bits per heavy atom. The summed E-state index contributed by atoms with van der Waals surface area (Å²) >= 11 is 0. The largest absolute Gasteiger partial charge is 0.392 e. The zero-order valence-electron chi connectivity index (χ0n) is 8.71. The van der Waals surface area contributed by atoms with Gasteiger partial charge in [0.2, 0.25) is 0 Å². The monoisotopic (exact) mass is 183 g/mol. The Hall–Kier alpha value is -0.520. The molecule has 0 aliphatic carbocycles. The smallest absolute Gasteiger partial charge is 0.0692 e. The van der Waals surface area contributed by atoms with E-state index in [-0.39, 0.29) is 6.10 Å². The van der Waals surface area contributed by atoms with Crippen molar-refractivity contribution >= 4 is 0 Å². The molecule has 13 heavy (non-hydrogen) atoms. The summed E-state index contributed by atoms with van der Waals surface area (Å²) in [6, 6.07) is 0. The van der Waals surface area contributed by atoms with Gasteiger partial charge in [0.05, 0.1) is 6.10 Å². The van der Waals surface area contributed by atoms with Gasteiger partial charge in [0.1, 0.15) is 0 Å². The van der Waals surface area contributed by atoms with Crippen molar-refractivity contribution in [2.75, 3.05) is 13.1 Å². The maximum Gasteiger partial charge on any atom is 0.0692 e. The van der Waals surface area contributed by atoms with E-state index in [2.05, 4.69) is 25.1 Å². The van der Waals surface area contributed by atoms with Crippen LogP contribution in [0.5, 0.6) is 0 Å². The second-order valence-electron chi connectivity index (χ2n) is 3.30. The van der Waals surface area contributed by atoms with Crippen LogP contribution in [0.2, 0.25) is 0 Å². The van der Waals surface area contributed by atoms with Gasteiger partial charge >= 0.3 is 0 Å². The van der Waals surface area contributed by atoms with Gasteiger partial charge in [-0.2, -0.15) is 0 Å².